The third-order valence-electron chi connectivity index (χ3n) is 16.7. The number of hydrogen-bond acceptors (Lipinski definition) is 7. The molecule has 0 aromatic heterocycles. The first-order valence-electron chi connectivity index (χ1n) is 26.5. The zero-order valence-corrected chi connectivity index (χ0v) is 44.6. The van der Waals surface area contributed by atoms with E-state index in [1.54, 1.807) is 6.07 Å². The third-order valence-corrected chi connectivity index (χ3v) is 16.7. The van der Waals surface area contributed by atoms with Crippen molar-refractivity contribution in [3.05, 3.63) is 112 Å². The molecule has 386 valence electrons. The van der Waals surface area contributed by atoms with Gasteiger partial charge in [-0.05, 0) is 148 Å². The number of aryl methyl sites for hydroxylation is 1. The van der Waals surface area contributed by atoms with E-state index in [9.17, 15) is 14.4 Å². The average molecular weight is 976 g/mol. The molecule has 1 heterocycles. The Bertz CT molecular complexity index is 2520. The van der Waals surface area contributed by atoms with Crippen LogP contribution in [0.15, 0.2) is 83.7 Å². The fraction of sp³-hybridized carbons (Fsp3) is 0.576. The number of anilines is 1. The molecule has 8 atom stereocenters. The quantitative estimate of drug-likeness (QED) is 0.1000. The van der Waals surface area contributed by atoms with Crippen LogP contribution in [0.4, 0.5) is 14.5 Å². The second kappa shape index (κ2) is 21.2. The van der Waals surface area contributed by atoms with Crippen LogP contribution in [-0.4, -0.2) is 70.3 Å². The summed E-state index contributed by atoms with van der Waals surface area (Å²) in [5, 5.41) is 10.3. The summed E-state index contributed by atoms with van der Waals surface area (Å²) in [5.74, 6) is -3.80. The van der Waals surface area contributed by atoms with E-state index in [0.29, 0.717) is 40.6 Å². The predicted molar refractivity (Wildman–Crippen MR) is 285 cm³/mol. The summed E-state index contributed by atoms with van der Waals surface area (Å²) in [6.45, 7) is 29.1. The van der Waals surface area contributed by atoms with Crippen LogP contribution in [0.2, 0.25) is 0 Å². The Hall–Kier alpha value is -5.07. The van der Waals surface area contributed by atoms with Crippen LogP contribution in [0.1, 0.15) is 161 Å². The monoisotopic (exact) mass is 976 g/mol. The van der Waals surface area contributed by atoms with Gasteiger partial charge in [0.05, 0.1) is 24.2 Å². The van der Waals surface area contributed by atoms with Crippen molar-refractivity contribution < 1.29 is 23.2 Å². The smallest absolute Gasteiger partial charge is 0.296 e. The van der Waals surface area contributed by atoms with E-state index < -0.39 is 24.0 Å². The number of amides is 3. The zero-order valence-electron chi connectivity index (χ0n) is 44.6. The summed E-state index contributed by atoms with van der Waals surface area (Å²) >= 11 is 0. The molecule has 2 aromatic carbocycles. The first kappa shape index (κ1) is 53.7. The lowest BCUT2D eigenvalue weighted by Gasteiger charge is -2.40. The van der Waals surface area contributed by atoms with Gasteiger partial charge in [-0.2, -0.15) is 8.78 Å². The van der Waals surface area contributed by atoms with Crippen molar-refractivity contribution in [1.29, 1.82) is 0 Å². The number of nitrogens with one attached hydrogen (secondary N) is 3. The number of alkyl halides is 2. The predicted octanol–water partition coefficient (Wildman–Crippen LogP) is 11.1. The Morgan fingerprint density at radius 2 is 1.66 bits per heavy atom. The Labute approximate surface area is 423 Å². The van der Waals surface area contributed by atoms with Gasteiger partial charge in [0, 0.05) is 52.4 Å². The van der Waals surface area contributed by atoms with Gasteiger partial charge in [-0.25, -0.2) is 0 Å². The van der Waals surface area contributed by atoms with Gasteiger partial charge in [-0.15, -0.1) is 0 Å². The van der Waals surface area contributed by atoms with Crippen molar-refractivity contribution in [2.75, 3.05) is 11.9 Å². The minimum atomic E-state index is -3.20. The maximum Gasteiger partial charge on any atom is 0.296 e. The summed E-state index contributed by atoms with van der Waals surface area (Å²) in [5.41, 5.74) is 20.7. The number of hydrogen-bond donors (Lipinski definition) is 5. The number of benzene rings is 2. The van der Waals surface area contributed by atoms with Crippen molar-refractivity contribution in [2.45, 2.75) is 183 Å². The topological polar surface area (TPSA) is 146 Å². The molecule has 12 heteroatoms. The SMILES string of the molecule is C=C(N/C(=C\C)c1ccc2c(c1)C(F)(F)C1=C2C=CC(c2ccc(C)c(N/C(=C(\C)CC)C(C)N(C(=O)C(NC(=O)C(N)C(C)C)C(C)C)C3CCC(C)C3)c2)C1)C1CC2(CC2)CN1C(=O)C(N)C(C)C. The van der Waals surface area contributed by atoms with E-state index in [-0.39, 0.29) is 82.5 Å². The fourth-order valence-electron chi connectivity index (χ4n) is 11.4. The molecular formula is C59H83F2N7O3. The van der Waals surface area contributed by atoms with Gasteiger partial charge in [0.15, 0.2) is 0 Å². The van der Waals surface area contributed by atoms with Crippen LogP contribution in [0.3, 0.4) is 0 Å². The Kier molecular flexibility index (Phi) is 16.0. The highest BCUT2D eigenvalue weighted by Gasteiger charge is 2.55. The highest BCUT2D eigenvalue weighted by molar-refractivity contribution is 5.91. The first-order chi connectivity index (χ1) is 33.4. The van der Waals surface area contributed by atoms with E-state index in [0.717, 1.165) is 73.0 Å². The van der Waals surface area contributed by atoms with Crippen molar-refractivity contribution in [2.24, 2.45) is 40.6 Å². The van der Waals surface area contributed by atoms with E-state index in [2.05, 4.69) is 56.3 Å². The van der Waals surface area contributed by atoms with Gasteiger partial charge < -0.3 is 37.2 Å². The molecule has 2 aromatic rings. The van der Waals surface area contributed by atoms with Crippen molar-refractivity contribution in [3.8, 4) is 0 Å². The Morgan fingerprint density at radius 1 is 0.972 bits per heavy atom. The summed E-state index contributed by atoms with van der Waals surface area (Å²) in [4.78, 5) is 45.8. The highest BCUT2D eigenvalue weighted by atomic mass is 19.3. The third kappa shape index (κ3) is 10.9. The summed E-state index contributed by atoms with van der Waals surface area (Å²) in [6, 6.07) is 8.76. The van der Waals surface area contributed by atoms with Crippen LogP contribution in [0.25, 0.3) is 11.3 Å². The number of allylic oxidation sites excluding steroid dienone is 6. The molecule has 4 aliphatic carbocycles. The second-order valence-electron chi connectivity index (χ2n) is 22.9. The Balaban J connectivity index is 1.10. The van der Waals surface area contributed by atoms with Gasteiger partial charge in [0.25, 0.3) is 5.92 Å². The number of halogens is 2. The zero-order chi connectivity index (χ0) is 52.0. The molecule has 5 aliphatic rings. The number of nitrogens with two attached hydrogens (primary N) is 2. The molecule has 3 amide bonds. The van der Waals surface area contributed by atoms with Crippen LogP contribution < -0.4 is 27.4 Å². The number of carbonyl (C=O) groups excluding carboxylic acids is 3. The molecule has 8 unspecified atom stereocenters. The van der Waals surface area contributed by atoms with E-state index in [4.69, 9.17) is 11.5 Å². The van der Waals surface area contributed by atoms with E-state index >= 15 is 8.78 Å². The molecule has 7 rings (SSSR count). The van der Waals surface area contributed by atoms with Crippen molar-refractivity contribution in [3.63, 3.8) is 0 Å². The minimum Gasteiger partial charge on any atom is -0.357 e. The molecule has 1 saturated heterocycles. The van der Waals surface area contributed by atoms with E-state index in [1.165, 1.54) is 0 Å². The van der Waals surface area contributed by atoms with Gasteiger partial charge in [-0.3, -0.25) is 14.4 Å². The molecule has 0 bridgehead atoms. The van der Waals surface area contributed by atoms with Gasteiger partial charge in [0.1, 0.15) is 6.04 Å². The fourth-order valence-corrected chi connectivity index (χ4v) is 11.4. The number of nitrogens with zero attached hydrogens (tertiary/aromatic N) is 2. The number of rotatable bonds is 18. The molecule has 3 fully saturated rings. The lowest BCUT2D eigenvalue weighted by molar-refractivity contribution is -0.141. The van der Waals surface area contributed by atoms with Crippen molar-refractivity contribution in [1.82, 2.24) is 20.4 Å². The number of fused-ring (bicyclic) bond motifs is 2. The Morgan fingerprint density at radius 3 is 2.25 bits per heavy atom. The first-order valence-corrected chi connectivity index (χ1v) is 26.5. The molecule has 1 spiro atoms. The molecule has 7 N–H and O–H groups in total. The lowest BCUT2D eigenvalue weighted by Crippen LogP contribution is -2.59. The molecule has 10 nitrogen and oxygen atoms in total. The van der Waals surface area contributed by atoms with Crippen LogP contribution >= 0.6 is 0 Å². The van der Waals surface area contributed by atoms with E-state index in [1.807, 2.05) is 108 Å². The molecule has 1 aliphatic heterocycles. The second-order valence-corrected chi connectivity index (χ2v) is 22.9. The minimum absolute atomic E-state index is 0.00118. The van der Waals surface area contributed by atoms with Gasteiger partial charge in [0.2, 0.25) is 17.7 Å². The summed E-state index contributed by atoms with van der Waals surface area (Å²) < 4.78 is 34.0. The summed E-state index contributed by atoms with van der Waals surface area (Å²) in [7, 11) is 0. The molecular weight excluding hydrogens is 893 g/mol. The molecule has 71 heavy (non-hydrogen) atoms. The van der Waals surface area contributed by atoms with Crippen LogP contribution in [0, 0.1) is 36.0 Å². The maximum atomic E-state index is 17.0. The highest BCUT2D eigenvalue weighted by Crippen LogP contribution is 2.57. The van der Waals surface area contributed by atoms with Crippen molar-refractivity contribution >= 4 is 34.7 Å². The van der Waals surface area contributed by atoms with Crippen LogP contribution in [0.5, 0.6) is 0 Å². The summed E-state index contributed by atoms with van der Waals surface area (Å²) in [6.07, 6.45) is 12.4. The maximum absolute atomic E-state index is 17.0. The lowest BCUT2D eigenvalue weighted by atomic mass is 9.84. The molecule has 2 saturated carbocycles. The van der Waals surface area contributed by atoms with Crippen LogP contribution in [-0.2, 0) is 20.3 Å². The van der Waals surface area contributed by atoms with Gasteiger partial charge >= 0.3 is 0 Å². The van der Waals surface area contributed by atoms with Gasteiger partial charge in [-0.1, -0.05) is 110 Å². The molecule has 0 radical (unpaired) electrons. The largest absolute Gasteiger partial charge is 0.357 e. The normalized spacial score (nSPS) is 24.2. The number of likely N-dealkylation sites (tertiary alicyclic amines) is 1. The number of carbonyl (C=O) groups is 3. The average Bonchev–Trinajstić information content (AvgIpc) is 3.68. The standard InChI is InChI=1S/C59H83F2N7O3/c1-14-36(10)54(39(13)68(43-21-16-35(9)26-43)57(71)53(34(7)8)66-55(69)51(62)32(3)4)65-49-29-41(18-17-37(49)11)40-19-22-44-45-23-20-42(28-47(45)59(60,61)46(44)27-40)48(15-2)64-38(12)50-30-58(24-25-58)31-67(50)56(70)52(63)33(5)6/h15,17-20,22-23,28-29,32-35,39-40,43,50-53,64-65H,12,14,16,21,24-27,30-31,62-63H2,1-11,13H3,(H,66,69)/b48-15-,54-36+.